The number of ether oxygens (including phenoxy) is 2. The quantitative estimate of drug-likeness (QED) is 0.172. The standard InChI is InChI=1S/C24H17O3S2/c25-24(26-16-18-6-5-15-28-18)27-17-11-13-19(14-12-17)29-22-9-3-1-7-20(22)21-8-2-4-10-23(21)29/h1-15H,16H2/q+1. The highest BCUT2D eigenvalue weighted by Crippen LogP contribution is 2.48. The van der Waals surface area contributed by atoms with Crippen LogP contribution in [0.2, 0.25) is 0 Å². The lowest BCUT2D eigenvalue weighted by Gasteiger charge is -2.04. The fraction of sp³-hybridized carbons (Fsp3) is 0.0417. The molecule has 0 N–H and O–H groups in total. The summed E-state index contributed by atoms with van der Waals surface area (Å²) in [5.74, 6) is 0.481. The Morgan fingerprint density at radius 3 is 2.07 bits per heavy atom. The number of benzene rings is 3. The van der Waals surface area contributed by atoms with Crippen LogP contribution >= 0.6 is 21.8 Å². The minimum Gasteiger partial charge on any atom is -0.428 e. The van der Waals surface area contributed by atoms with Crippen LogP contribution in [0.25, 0.3) is 25.1 Å². The Kier molecular flexibility index (Phi) is 4.76. The minimum absolute atomic E-state index is 0.156. The Bertz CT molecular complexity index is 1230. The summed E-state index contributed by atoms with van der Waals surface area (Å²) >= 11 is 1.54. The third kappa shape index (κ3) is 3.50. The van der Waals surface area contributed by atoms with Gasteiger partial charge in [0.2, 0.25) is 0 Å². The summed E-state index contributed by atoms with van der Waals surface area (Å²) in [6.45, 7) is 0.228. The lowest BCUT2D eigenvalue weighted by Crippen LogP contribution is -2.09. The van der Waals surface area contributed by atoms with Gasteiger partial charge in [0, 0.05) is 38.3 Å². The number of hydrogen-bond acceptors (Lipinski definition) is 4. The summed E-state index contributed by atoms with van der Waals surface area (Å²) < 4.78 is 13.1. The van der Waals surface area contributed by atoms with E-state index >= 15 is 0 Å². The number of carbonyl (C=O) groups is 1. The van der Waals surface area contributed by atoms with Gasteiger partial charge in [0.05, 0.1) is 0 Å². The van der Waals surface area contributed by atoms with E-state index < -0.39 is 6.16 Å². The van der Waals surface area contributed by atoms with Crippen LogP contribution in [-0.2, 0) is 11.3 Å². The lowest BCUT2D eigenvalue weighted by molar-refractivity contribution is 0.0937. The SMILES string of the molecule is O=C(OCc1cccs1)Oc1ccc(-[s+]2c3ccccc3c3ccccc32)cc1. The Balaban J connectivity index is 1.41. The van der Waals surface area contributed by atoms with Crippen LogP contribution in [0, 0.1) is 0 Å². The fourth-order valence-electron chi connectivity index (χ4n) is 3.40. The number of carbonyl (C=O) groups excluding carboxylic acids is 1. The molecule has 142 valence electrons. The van der Waals surface area contributed by atoms with Gasteiger partial charge in [-0.15, -0.1) is 11.3 Å². The average molecular weight is 418 g/mol. The first kappa shape index (κ1) is 17.9. The first-order chi connectivity index (χ1) is 14.3. The zero-order chi connectivity index (χ0) is 19.6. The van der Waals surface area contributed by atoms with Gasteiger partial charge in [-0.1, -0.05) is 30.3 Å². The summed E-state index contributed by atoms with van der Waals surface area (Å²) in [4.78, 5) is 14.1. The van der Waals surface area contributed by atoms with Gasteiger partial charge in [-0.2, -0.15) is 0 Å². The molecule has 0 saturated heterocycles. The van der Waals surface area contributed by atoms with Crippen LogP contribution in [0.1, 0.15) is 4.88 Å². The fourth-order valence-corrected chi connectivity index (χ4v) is 6.40. The molecule has 5 heteroatoms. The molecule has 0 bridgehead atoms. The normalized spacial score (nSPS) is 11.0. The van der Waals surface area contributed by atoms with Crippen molar-refractivity contribution >= 4 is 48.1 Å². The zero-order valence-corrected chi connectivity index (χ0v) is 17.0. The van der Waals surface area contributed by atoms with Crippen LogP contribution in [0.15, 0.2) is 90.3 Å². The maximum Gasteiger partial charge on any atom is 0.514 e. The van der Waals surface area contributed by atoms with Crippen molar-refractivity contribution in [3.05, 3.63) is 95.2 Å². The van der Waals surface area contributed by atoms with Gasteiger partial charge in [-0.3, -0.25) is 0 Å². The van der Waals surface area contributed by atoms with E-state index in [9.17, 15) is 4.79 Å². The van der Waals surface area contributed by atoms with Crippen LogP contribution in [0.3, 0.4) is 0 Å². The smallest absolute Gasteiger partial charge is 0.428 e. The van der Waals surface area contributed by atoms with E-state index in [1.165, 1.54) is 25.1 Å². The van der Waals surface area contributed by atoms with E-state index in [1.54, 1.807) is 11.3 Å². The second-order valence-electron chi connectivity index (χ2n) is 6.49. The molecular weight excluding hydrogens is 400 g/mol. The van der Waals surface area contributed by atoms with Crippen molar-refractivity contribution in [2.24, 2.45) is 0 Å². The topological polar surface area (TPSA) is 35.5 Å². The van der Waals surface area contributed by atoms with E-state index in [2.05, 4.69) is 48.5 Å². The summed E-state index contributed by atoms with van der Waals surface area (Å²) in [6.07, 6.45) is -0.690. The van der Waals surface area contributed by atoms with Crippen LogP contribution in [-0.4, -0.2) is 6.16 Å². The molecule has 0 aliphatic rings. The highest BCUT2D eigenvalue weighted by atomic mass is 32.2. The Morgan fingerprint density at radius 2 is 1.45 bits per heavy atom. The molecule has 2 aromatic heterocycles. The van der Waals surface area contributed by atoms with Crippen molar-refractivity contribution < 1.29 is 14.3 Å². The molecule has 29 heavy (non-hydrogen) atoms. The van der Waals surface area contributed by atoms with Gasteiger partial charge in [0.25, 0.3) is 0 Å². The first-order valence-electron chi connectivity index (χ1n) is 9.19. The Labute approximate surface area is 174 Å². The second-order valence-corrected chi connectivity index (χ2v) is 9.49. The molecule has 0 radical (unpaired) electrons. The maximum atomic E-state index is 11.9. The first-order valence-corrected chi connectivity index (χ1v) is 11.3. The Morgan fingerprint density at radius 1 is 0.793 bits per heavy atom. The molecule has 0 amide bonds. The highest BCUT2D eigenvalue weighted by Gasteiger charge is 2.23. The zero-order valence-electron chi connectivity index (χ0n) is 15.4. The van der Waals surface area contributed by atoms with Gasteiger partial charge in [-0.25, -0.2) is 4.79 Å². The molecular formula is C24H17O3S2+. The molecule has 5 rings (SSSR count). The second kappa shape index (κ2) is 7.70. The Hall–Kier alpha value is -3.15. The largest absolute Gasteiger partial charge is 0.514 e. The third-order valence-corrected chi connectivity index (χ3v) is 7.86. The molecule has 2 heterocycles. The van der Waals surface area contributed by atoms with Crippen molar-refractivity contribution in [2.45, 2.75) is 6.61 Å². The van der Waals surface area contributed by atoms with Gasteiger partial charge in [0.1, 0.15) is 12.4 Å². The van der Waals surface area contributed by atoms with E-state index in [0.29, 0.717) is 5.75 Å². The maximum absolute atomic E-state index is 11.9. The number of fused-ring (bicyclic) bond motifs is 3. The van der Waals surface area contributed by atoms with Gasteiger partial charge in [-0.05, 0) is 47.8 Å². The van der Waals surface area contributed by atoms with Crippen LogP contribution in [0.5, 0.6) is 5.75 Å². The van der Waals surface area contributed by atoms with Crippen LogP contribution in [0.4, 0.5) is 4.79 Å². The molecule has 0 fully saturated rings. The van der Waals surface area contributed by atoms with Crippen molar-refractivity contribution in [3.8, 4) is 10.6 Å². The predicted octanol–water partition coefficient (Wildman–Crippen LogP) is 7.51. The molecule has 3 aromatic carbocycles. The van der Waals surface area contributed by atoms with Crippen molar-refractivity contribution in [1.29, 1.82) is 0 Å². The molecule has 3 nitrogen and oxygen atoms in total. The van der Waals surface area contributed by atoms with E-state index in [-0.39, 0.29) is 17.1 Å². The molecule has 0 aliphatic carbocycles. The molecule has 0 saturated carbocycles. The molecule has 0 unspecified atom stereocenters. The summed E-state index contributed by atoms with van der Waals surface area (Å²) in [6, 6.07) is 28.7. The van der Waals surface area contributed by atoms with Crippen molar-refractivity contribution in [2.75, 3.05) is 0 Å². The predicted molar refractivity (Wildman–Crippen MR) is 120 cm³/mol. The van der Waals surface area contributed by atoms with Crippen molar-refractivity contribution in [3.63, 3.8) is 0 Å². The van der Waals surface area contributed by atoms with Gasteiger partial charge in [0.15, 0.2) is 14.3 Å². The summed E-state index contributed by atoms with van der Waals surface area (Å²) in [5, 5.41) is 4.54. The van der Waals surface area contributed by atoms with Crippen molar-refractivity contribution in [1.82, 2.24) is 0 Å². The van der Waals surface area contributed by atoms with Crippen LogP contribution < -0.4 is 4.74 Å². The summed E-state index contributed by atoms with van der Waals surface area (Å²) in [7, 11) is -0.156. The average Bonchev–Trinajstić information content (AvgIpc) is 3.39. The van der Waals surface area contributed by atoms with E-state index in [4.69, 9.17) is 9.47 Å². The van der Waals surface area contributed by atoms with Gasteiger partial charge >= 0.3 is 6.16 Å². The van der Waals surface area contributed by atoms with E-state index in [0.717, 1.165) is 4.88 Å². The molecule has 5 aromatic rings. The number of hydrogen-bond donors (Lipinski definition) is 0. The molecule has 0 aliphatic heterocycles. The minimum atomic E-state index is -0.690. The summed E-state index contributed by atoms with van der Waals surface area (Å²) in [5.41, 5.74) is 0. The monoisotopic (exact) mass is 417 g/mol. The third-order valence-electron chi connectivity index (χ3n) is 4.68. The lowest BCUT2D eigenvalue weighted by atomic mass is 10.2. The van der Waals surface area contributed by atoms with E-state index in [1.807, 2.05) is 41.8 Å². The van der Waals surface area contributed by atoms with Gasteiger partial charge < -0.3 is 9.47 Å². The molecule has 0 atom stereocenters. The number of thiophene rings is 2. The highest BCUT2D eigenvalue weighted by molar-refractivity contribution is 7.50. The number of rotatable bonds is 4. The molecule has 0 spiro atoms.